The van der Waals surface area contributed by atoms with Gasteiger partial charge in [-0.25, -0.2) is 4.98 Å². The van der Waals surface area contributed by atoms with Crippen molar-refractivity contribution in [2.75, 3.05) is 5.75 Å². The number of hydrogen-bond acceptors (Lipinski definition) is 6. The van der Waals surface area contributed by atoms with Gasteiger partial charge in [-0.05, 0) is 12.5 Å². The second kappa shape index (κ2) is 5.63. The molecule has 0 radical (unpaired) electrons. The Bertz CT molecular complexity index is 750. The van der Waals surface area contributed by atoms with Crippen LogP contribution in [0.2, 0.25) is 0 Å². The second-order valence-corrected chi connectivity index (χ2v) is 6.12. The number of aryl methyl sites for hydroxylation is 1. The maximum Gasteiger partial charge on any atom is 0.260 e. The molecule has 2 rings (SSSR count). The number of amides is 2. The molecule has 2 aromatic heterocycles. The van der Waals surface area contributed by atoms with E-state index in [1.54, 1.807) is 6.92 Å². The normalized spacial score (nSPS) is 10.8. The number of thioether (sulfide) groups is 1. The smallest absolute Gasteiger partial charge is 0.260 e. The summed E-state index contributed by atoms with van der Waals surface area (Å²) in [5.74, 6) is -0.562. The quantitative estimate of drug-likeness (QED) is 0.541. The molecule has 0 unspecified atom stereocenters. The van der Waals surface area contributed by atoms with E-state index in [1.165, 1.54) is 11.8 Å². The van der Waals surface area contributed by atoms with E-state index in [1.807, 2.05) is 0 Å². The molecule has 106 valence electrons. The molecule has 20 heavy (non-hydrogen) atoms. The molecule has 0 saturated heterocycles. The van der Waals surface area contributed by atoms with E-state index in [9.17, 15) is 14.4 Å². The van der Waals surface area contributed by atoms with Gasteiger partial charge < -0.3 is 16.5 Å². The predicted octanol–water partition coefficient (Wildman–Crippen LogP) is 0.359. The number of fused-ring (bicyclic) bond motifs is 1. The van der Waals surface area contributed by atoms with Gasteiger partial charge in [0.25, 0.3) is 11.5 Å². The highest BCUT2D eigenvalue weighted by molar-refractivity contribution is 7.99. The summed E-state index contributed by atoms with van der Waals surface area (Å²) in [5.41, 5.74) is 10.5. The molecular formula is C11H12N4O3S2. The monoisotopic (exact) mass is 312 g/mol. The largest absolute Gasteiger partial charge is 0.370 e. The molecule has 0 aliphatic rings. The lowest BCUT2D eigenvalue weighted by atomic mass is 10.2. The molecule has 0 aliphatic carbocycles. The van der Waals surface area contributed by atoms with Gasteiger partial charge in [0.05, 0.1) is 10.3 Å². The molecule has 0 fully saturated rings. The van der Waals surface area contributed by atoms with Crippen molar-refractivity contribution < 1.29 is 9.59 Å². The summed E-state index contributed by atoms with van der Waals surface area (Å²) >= 11 is 2.31. The van der Waals surface area contributed by atoms with Crippen LogP contribution in [0.15, 0.2) is 9.95 Å². The molecule has 0 aromatic carbocycles. The lowest BCUT2D eigenvalue weighted by molar-refractivity contribution is -0.117. The number of nitrogens with zero attached hydrogens (tertiary/aromatic N) is 1. The molecule has 0 spiro atoms. The van der Waals surface area contributed by atoms with Crippen molar-refractivity contribution in [3.05, 3.63) is 20.8 Å². The van der Waals surface area contributed by atoms with Gasteiger partial charge in [-0.15, -0.1) is 11.3 Å². The number of aromatic nitrogens is 2. The minimum Gasteiger partial charge on any atom is -0.370 e. The van der Waals surface area contributed by atoms with E-state index in [0.29, 0.717) is 31.6 Å². The van der Waals surface area contributed by atoms with Gasteiger partial charge in [-0.3, -0.25) is 14.4 Å². The summed E-state index contributed by atoms with van der Waals surface area (Å²) in [4.78, 5) is 41.6. The van der Waals surface area contributed by atoms with Crippen LogP contribution >= 0.6 is 23.1 Å². The summed E-state index contributed by atoms with van der Waals surface area (Å²) in [6.07, 6.45) is 0.197. The SMILES string of the molecule is Cc1c(C(N)=O)sc2nc(SCCC(N)=O)[nH]c(=O)c12. The maximum absolute atomic E-state index is 12.0. The molecule has 5 N–H and O–H groups in total. The third-order valence-corrected chi connectivity index (χ3v) is 4.67. The third-order valence-electron chi connectivity index (χ3n) is 2.59. The highest BCUT2D eigenvalue weighted by Gasteiger charge is 2.17. The Hall–Kier alpha value is -1.87. The molecule has 7 nitrogen and oxygen atoms in total. The number of nitrogens with one attached hydrogen (secondary N) is 1. The number of primary amides is 2. The van der Waals surface area contributed by atoms with Crippen LogP contribution in [0.1, 0.15) is 21.7 Å². The topological polar surface area (TPSA) is 132 Å². The van der Waals surface area contributed by atoms with Crippen molar-refractivity contribution in [3.63, 3.8) is 0 Å². The average Bonchev–Trinajstić information content (AvgIpc) is 2.66. The highest BCUT2D eigenvalue weighted by Crippen LogP contribution is 2.27. The van der Waals surface area contributed by atoms with E-state index in [2.05, 4.69) is 9.97 Å². The number of aromatic amines is 1. The van der Waals surface area contributed by atoms with Crippen molar-refractivity contribution >= 4 is 45.1 Å². The third kappa shape index (κ3) is 2.83. The summed E-state index contributed by atoms with van der Waals surface area (Å²) in [7, 11) is 0. The molecule has 0 saturated carbocycles. The number of thiophene rings is 1. The standard InChI is InChI=1S/C11H12N4O3S2/c1-4-6-9(18)14-11(19-3-2-5(12)16)15-10(6)20-7(4)8(13)17/h2-3H2,1H3,(H2,12,16)(H2,13,17)(H,14,15,18). The number of carbonyl (C=O) groups excluding carboxylic acids is 2. The Labute approximate surface area is 121 Å². The van der Waals surface area contributed by atoms with Crippen LogP contribution in [-0.2, 0) is 4.79 Å². The van der Waals surface area contributed by atoms with Crippen LogP contribution < -0.4 is 17.0 Å². The summed E-state index contributed by atoms with van der Waals surface area (Å²) in [5, 5.41) is 0.768. The van der Waals surface area contributed by atoms with E-state index in [0.717, 1.165) is 11.3 Å². The Morgan fingerprint density at radius 1 is 1.40 bits per heavy atom. The summed E-state index contributed by atoms with van der Waals surface area (Å²) in [6, 6.07) is 0. The highest BCUT2D eigenvalue weighted by atomic mass is 32.2. The minimum atomic E-state index is -0.576. The van der Waals surface area contributed by atoms with Gasteiger partial charge in [0.1, 0.15) is 4.83 Å². The second-order valence-electron chi connectivity index (χ2n) is 4.04. The number of hydrogen-bond donors (Lipinski definition) is 3. The first-order valence-electron chi connectivity index (χ1n) is 5.64. The average molecular weight is 312 g/mol. The van der Waals surface area contributed by atoms with E-state index in [-0.39, 0.29) is 12.0 Å². The zero-order valence-corrected chi connectivity index (χ0v) is 12.2. The van der Waals surface area contributed by atoms with Crippen LogP contribution in [0.25, 0.3) is 10.2 Å². The predicted molar refractivity (Wildman–Crippen MR) is 78.0 cm³/mol. The molecule has 2 aromatic rings. The van der Waals surface area contributed by atoms with Crippen LogP contribution in [0, 0.1) is 6.92 Å². The summed E-state index contributed by atoms with van der Waals surface area (Å²) in [6.45, 7) is 1.66. The molecule has 2 amide bonds. The van der Waals surface area contributed by atoms with Gasteiger partial charge in [0, 0.05) is 12.2 Å². The minimum absolute atomic E-state index is 0.197. The molecule has 0 atom stereocenters. The van der Waals surface area contributed by atoms with Crippen molar-refractivity contribution in [1.82, 2.24) is 9.97 Å². The fourth-order valence-corrected chi connectivity index (χ4v) is 3.58. The van der Waals surface area contributed by atoms with E-state index < -0.39 is 11.8 Å². The van der Waals surface area contributed by atoms with Crippen LogP contribution in [0.5, 0.6) is 0 Å². The van der Waals surface area contributed by atoms with Crippen molar-refractivity contribution in [1.29, 1.82) is 0 Å². The Balaban J connectivity index is 2.40. The molecular weight excluding hydrogens is 300 g/mol. The number of nitrogens with two attached hydrogens (primary N) is 2. The zero-order chi connectivity index (χ0) is 14.9. The van der Waals surface area contributed by atoms with Crippen LogP contribution in [0.3, 0.4) is 0 Å². The van der Waals surface area contributed by atoms with Crippen molar-refractivity contribution in [2.24, 2.45) is 11.5 Å². The van der Waals surface area contributed by atoms with Crippen molar-refractivity contribution in [2.45, 2.75) is 18.5 Å². The first kappa shape index (κ1) is 14.5. The maximum atomic E-state index is 12.0. The molecule has 0 bridgehead atoms. The lowest BCUT2D eigenvalue weighted by Crippen LogP contribution is -2.13. The Morgan fingerprint density at radius 2 is 2.10 bits per heavy atom. The fourth-order valence-electron chi connectivity index (χ4n) is 1.68. The number of rotatable bonds is 5. The van der Waals surface area contributed by atoms with Gasteiger partial charge in [0.2, 0.25) is 5.91 Å². The number of H-pyrrole nitrogens is 1. The Morgan fingerprint density at radius 3 is 2.70 bits per heavy atom. The number of carbonyl (C=O) groups is 2. The molecule has 9 heteroatoms. The van der Waals surface area contributed by atoms with Crippen molar-refractivity contribution in [3.8, 4) is 0 Å². The zero-order valence-electron chi connectivity index (χ0n) is 10.6. The van der Waals surface area contributed by atoms with Crippen LogP contribution in [-0.4, -0.2) is 27.5 Å². The van der Waals surface area contributed by atoms with E-state index in [4.69, 9.17) is 11.5 Å². The molecule has 0 aliphatic heterocycles. The fraction of sp³-hybridized carbons (Fsp3) is 0.273. The van der Waals surface area contributed by atoms with Gasteiger partial charge in [-0.2, -0.15) is 0 Å². The first-order chi connectivity index (χ1) is 9.40. The first-order valence-corrected chi connectivity index (χ1v) is 7.44. The summed E-state index contributed by atoms with van der Waals surface area (Å²) < 4.78 is 0. The van der Waals surface area contributed by atoms with Crippen LogP contribution in [0.4, 0.5) is 0 Å². The molecule has 2 heterocycles. The van der Waals surface area contributed by atoms with Gasteiger partial charge in [-0.1, -0.05) is 11.8 Å². The van der Waals surface area contributed by atoms with Gasteiger partial charge in [0.15, 0.2) is 5.16 Å². The Kier molecular flexibility index (Phi) is 4.09. The lowest BCUT2D eigenvalue weighted by Gasteiger charge is -1.99. The van der Waals surface area contributed by atoms with Gasteiger partial charge >= 0.3 is 0 Å². The van der Waals surface area contributed by atoms with E-state index >= 15 is 0 Å².